The molecule has 3 aliphatic rings. The third-order valence-corrected chi connectivity index (χ3v) is 7.28. The summed E-state index contributed by atoms with van der Waals surface area (Å²) in [6.45, 7) is 5.11. The molecular formula is C26H33ClO4. The minimum Gasteiger partial charge on any atom is -0.462 e. The van der Waals surface area contributed by atoms with Crippen molar-refractivity contribution in [1.29, 1.82) is 0 Å². The molecule has 0 aromatic heterocycles. The van der Waals surface area contributed by atoms with Crippen molar-refractivity contribution in [3.8, 4) is 0 Å². The van der Waals surface area contributed by atoms with Gasteiger partial charge in [0, 0.05) is 17.4 Å². The predicted octanol–water partition coefficient (Wildman–Crippen LogP) is 5.48. The number of benzene rings is 1. The standard InChI is InChI=1S/C26H33ClO4/c1-16-11-19-6-3-17(2)23(10-9-22-13-21(28)14-25(29)31-22)26(19)24(12-16)30-15-18-4-7-20(27)8-5-18/h3-8,11,16-17,21-24,26,28H,9-10,12-15H2,1-2H3/t16-,17-,21+,22?,23-,24-,26-/m0/s1. The molecule has 7 atom stereocenters. The maximum atomic E-state index is 11.7. The highest BCUT2D eigenvalue weighted by Gasteiger charge is 2.40. The SMILES string of the molecule is C[C@H]1C=C2C=C[C@H](C)[C@H](CCC3C[C@@H](O)CC(=O)O3)[C@H]2[C@@H](OCc2ccc(Cl)cc2)C1. The largest absolute Gasteiger partial charge is 0.462 e. The number of hydrogen-bond donors (Lipinski definition) is 1. The number of aliphatic hydroxyl groups is 1. The number of carbonyl (C=O) groups is 1. The molecule has 0 saturated carbocycles. The van der Waals surface area contributed by atoms with Gasteiger partial charge in [0.1, 0.15) is 6.10 Å². The van der Waals surface area contributed by atoms with Gasteiger partial charge in [-0.05, 0) is 60.3 Å². The highest BCUT2D eigenvalue weighted by molar-refractivity contribution is 6.30. The van der Waals surface area contributed by atoms with E-state index >= 15 is 0 Å². The van der Waals surface area contributed by atoms with Crippen molar-refractivity contribution >= 4 is 17.6 Å². The van der Waals surface area contributed by atoms with Crippen LogP contribution in [-0.2, 0) is 20.9 Å². The van der Waals surface area contributed by atoms with Crippen LogP contribution in [0.15, 0.2) is 48.1 Å². The summed E-state index contributed by atoms with van der Waals surface area (Å²) in [6.07, 6.45) is 9.80. The predicted molar refractivity (Wildman–Crippen MR) is 122 cm³/mol. The van der Waals surface area contributed by atoms with Gasteiger partial charge in [-0.3, -0.25) is 4.79 Å². The number of ether oxygens (including phenoxy) is 2. The Bertz CT molecular complexity index is 830. The lowest BCUT2D eigenvalue weighted by molar-refractivity contribution is -0.160. The number of fused-ring (bicyclic) bond motifs is 1. The zero-order chi connectivity index (χ0) is 22.0. The van der Waals surface area contributed by atoms with E-state index in [-0.39, 0.29) is 24.6 Å². The summed E-state index contributed by atoms with van der Waals surface area (Å²) >= 11 is 6.02. The smallest absolute Gasteiger partial charge is 0.308 e. The van der Waals surface area contributed by atoms with Crippen molar-refractivity contribution in [1.82, 2.24) is 0 Å². The van der Waals surface area contributed by atoms with Gasteiger partial charge in [0.2, 0.25) is 0 Å². The molecule has 5 heteroatoms. The lowest BCUT2D eigenvalue weighted by atomic mass is 9.65. The second-order valence-corrected chi connectivity index (χ2v) is 9.98. The molecule has 168 valence electrons. The number of rotatable bonds is 6. The van der Waals surface area contributed by atoms with Crippen molar-refractivity contribution in [3.05, 3.63) is 58.7 Å². The van der Waals surface area contributed by atoms with E-state index in [1.807, 2.05) is 24.3 Å². The van der Waals surface area contributed by atoms with E-state index < -0.39 is 6.10 Å². The number of halogens is 1. The summed E-state index contributed by atoms with van der Waals surface area (Å²) in [7, 11) is 0. The van der Waals surface area contributed by atoms with E-state index in [4.69, 9.17) is 21.1 Å². The highest BCUT2D eigenvalue weighted by Crippen LogP contribution is 2.45. The molecule has 4 nitrogen and oxygen atoms in total. The first-order valence-electron chi connectivity index (χ1n) is 11.5. The third-order valence-electron chi connectivity index (χ3n) is 7.03. The zero-order valence-corrected chi connectivity index (χ0v) is 19.1. The fourth-order valence-electron chi connectivity index (χ4n) is 5.47. The Balaban J connectivity index is 1.46. The van der Waals surface area contributed by atoms with Gasteiger partial charge in [-0.2, -0.15) is 0 Å². The van der Waals surface area contributed by atoms with E-state index in [0.29, 0.717) is 36.7 Å². The molecule has 0 amide bonds. The molecule has 1 saturated heterocycles. The van der Waals surface area contributed by atoms with Crippen LogP contribution < -0.4 is 0 Å². The van der Waals surface area contributed by atoms with Crippen molar-refractivity contribution < 1.29 is 19.4 Å². The number of carbonyl (C=O) groups excluding carboxylic acids is 1. The lowest BCUT2D eigenvalue weighted by Gasteiger charge is -2.43. The van der Waals surface area contributed by atoms with Gasteiger partial charge in [0.15, 0.2) is 0 Å². The van der Waals surface area contributed by atoms with E-state index in [9.17, 15) is 9.90 Å². The monoisotopic (exact) mass is 444 g/mol. The molecule has 1 aliphatic heterocycles. The normalized spacial score (nSPS) is 35.3. The summed E-state index contributed by atoms with van der Waals surface area (Å²) in [4.78, 5) is 11.7. The van der Waals surface area contributed by atoms with Crippen LogP contribution in [-0.4, -0.2) is 29.4 Å². The van der Waals surface area contributed by atoms with Gasteiger partial charge < -0.3 is 14.6 Å². The Morgan fingerprint density at radius 1 is 1.16 bits per heavy atom. The first-order chi connectivity index (χ1) is 14.9. The molecule has 0 spiro atoms. The van der Waals surface area contributed by atoms with Crippen LogP contribution >= 0.6 is 11.6 Å². The third kappa shape index (κ3) is 5.60. The van der Waals surface area contributed by atoms with Crippen LogP contribution in [0.1, 0.15) is 51.5 Å². The molecule has 31 heavy (non-hydrogen) atoms. The molecule has 1 heterocycles. The number of hydrogen-bond acceptors (Lipinski definition) is 4. The summed E-state index contributed by atoms with van der Waals surface area (Å²) in [5.41, 5.74) is 2.51. The van der Waals surface area contributed by atoms with Crippen LogP contribution in [0.2, 0.25) is 5.02 Å². The molecule has 1 fully saturated rings. The Morgan fingerprint density at radius 3 is 2.68 bits per heavy atom. The van der Waals surface area contributed by atoms with Gasteiger partial charge in [-0.1, -0.05) is 55.8 Å². The molecule has 0 radical (unpaired) electrons. The minimum absolute atomic E-state index is 0.118. The number of allylic oxidation sites excluding steroid dienone is 3. The maximum absolute atomic E-state index is 11.7. The van der Waals surface area contributed by atoms with Gasteiger partial charge in [-0.15, -0.1) is 0 Å². The summed E-state index contributed by atoms with van der Waals surface area (Å²) < 4.78 is 12.0. The first-order valence-corrected chi connectivity index (χ1v) is 11.9. The lowest BCUT2D eigenvalue weighted by Crippen LogP contribution is -2.40. The number of esters is 1. The highest BCUT2D eigenvalue weighted by atomic mass is 35.5. The van der Waals surface area contributed by atoms with Gasteiger partial charge in [-0.25, -0.2) is 0 Å². The molecule has 1 aromatic rings. The van der Waals surface area contributed by atoms with Gasteiger partial charge in [0.25, 0.3) is 0 Å². The Labute approximate surface area is 190 Å². The van der Waals surface area contributed by atoms with Crippen LogP contribution in [0, 0.1) is 23.7 Å². The molecule has 4 rings (SSSR count). The fraction of sp³-hybridized carbons (Fsp3) is 0.577. The van der Waals surface area contributed by atoms with Gasteiger partial charge >= 0.3 is 5.97 Å². The van der Waals surface area contributed by atoms with E-state index in [1.54, 1.807) is 0 Å². The number of aliphatic hydroxyl groups excluding tert-OH is 1. The zero-order valence-electron chi connectivity index (χ0n) is 18.4. The van der Waals surface area contributed by atoms with Crippen molar-refractivity contribution in [2.75, 3.05) is 0 Å². The van der Waals surface area contributed by atoms with Crippen LogP contribution in [0.5, 0.6) is 0 Å². The first kappa shape index (κ1) is 22.6. The van der Waals surface area contributed by atoms with E-state index in [0.717, 1.165) is 29.8 Å². The summed E-state index contributed by atoms with van der Waals surface area (Å²) in [6, 6.07) is 7.86. The number of cyclic esters (lactones) is 1. The van der Waals surface area contributed by atoms with Crippen LogP contribution in [0.4, 0.5) is 0 Å². The molecular weight excluding hydrogens is 412 g/mol. The topological polar surface area (TPSA) is 55.8 Å². The Morgan fingerprint density at radius 2 is 1.94 bits per heavy atom. The molecule has 0 bridgehead atoms. The molecule has 1 N–H and O–H groups in total. The van der Waals surface area contributed by atoms with Crippen molar-refractivity contribution in [3.63, 3.8) is 0 Å². The van der Waals surface area contributed by atoms with Crippen molar-refractivity contribution in [2.45, 2.75) is 70.9 Å². The van der Waals surface area contributed by atoms with Crippen LogP contribution in [0.3, 0.4) is 0 Å². The second-order valence-electron chi connectivity index (χ2n) is 9.55. The average molecular weight is 445 g/mol. The second kappa shape index (κ2) is 9.89. The quantitative estimate of drug-likeness (QED) is 0.590. The van der Waals surface area contributed by atoms with Crippen LogP contribution in [0.25, 0.3) is 0 Å². The summed E-state index contributed by atoms with van der Waals surface area (Å²) in [5, 5.41) is 10.7. The van der Waals surface area contributed by atoms with E-state index in [1.165, 1.54) is 5.57 Å². The van der Waals surface area contributed by atoms with Gasteiger partial charge in [0.05, 0.1) is 25.2 Å². The minimum atomic E-state index is -0.573. The average Bonchev–Trinajstić information content (AvgIpc) is 2.72. The Kier molecular flexibility index (Phi) is 7.20. The molecule has 1 aromatic carbocycles. The van der Waals surface area contributed by atoms with E-state index in [2.05, 4.69) is 32.1 Å². The molecule has 2 aliphatic carbocycles. The van der Waals surface area contributed by atoms with Crippen molar-refractivity contribution in [2.24, 2.45) is 23.7 Å². The Hall–Kier alpha value is -1.62. The fourth-order valence-corrected chi connectivity index (χ4v) is 5.60. The molecule has 1 unspecified atom stereocenters. The maximum Gasteiger partial charge on any atom is 0.308 e. The summed E-state index contributed by atoms with van der Waals surface area (Å²) in [5.74, 6) is 1.40.